The SMILES string of the molecule is N.O=[P+]([O-])OP(=O)([O-])[O-]. The standard InChI is InChI=1S/H3N.H2O6P2/c;1-7(2)6-8(3,4)5/h1H3;(H2,3,4,5)/p-2. The first kappa shape index (κ1) is 11.9. The van der Waals surface area contributed by atoms with E-state index in [0.29, 0.717) is 0 Å². The van der Waals surface area contributed by atoms with Gasteiger partial charge in [0.15, 0.2) is 0 Å². The monoisotopic (exact) mass is 175 g/mol. The maximum atomic E-state index is 9.31. The molecule has 1 atom stereocenters. The Balaban J connectivity index is 0. The van der Waals surface area contributed by atoms with Crippen molar-refractivity contribution in [2.45, 2.75) is 0 Å². The Hall–Kier alpha value is 0.130. The van der Waals surface area contributed by atoms with Gasteiger partial charge in [-0.3, -0.25) is 0 Å². The van der Waals surface area contributed by atoms with E-state index in [1.807, 2.05) is 0 Å². The van der Waals surface area contributed by atoms with Crippen molar-refractivity contribution in [2.24, 2.45) is 0 Å². The van der Waals surface area contributed by atoms with Crippen molar-refractivity contribution in [3.63, 3.8) is 0 Å². The number of hydrogen-bond acceptors (Lipinski definition) is 7. The predicted molar refractivity (Wildman–Crippen MR) is 21.3 cm³/mol. The van der Waals surface area contributed by atoms with Crippen LogP contribution in [0.2, 0.25) is 0 Å². The summed E-state index contributed by atoms with van der Waals surface area (Å²) in [5.74, 6) is 0. The molecule has 0 aromatic rings. The van der Waals surface area contributed by atoms with Gasteiger partial charge in [-0.1, -0.05) is 0 Å². The summed E-state index contributed by atoms with van der Waals surface area (Å²) in [5.41, 5.74) is 0. The Morgan fingerprint density at radius 3 is 1.78 bits per heavy atom. The van der Waals surface area contributed by atoms with Crippen LogP contribution in [0.3, 0.4) is 0 Å². The zero-order valence-corrected chi connectivity index (χ0v) is 5.84. The molecule has 9 heteroatoms. The third-order valence-corrected chi connectivity index (χ3v) is 1.50. The highest BCUT2D eigenvalue weighted by atomic mass is 31.2. The lowest BCUT2D eigenvalue weighted by Crippen LogP contribution is -2.14. The first-order valence-electron chi connectivity index (χ1n) is 1.28. The van der Waals surface area contributed by atoms with Gasteiger partial charge in [0.25, 0.3) is 0 Å². The highest BCUT2D eigenvalue weighted by Gasteiger charge is 2.02. The number of phosphoric acid groups is 1. The van der Waals surface area contributed by atoms with Crippen molar-refractivity contribution in [1.29, 1.82) is 0 Å². The van der Waals surface area contributed by atoms with Crippen LogP contribution in [0.15, 0.2) is 0 Å². The molecule has 9 heavy (non-hydrogen) atoms. The summed E-state index contributed by atoms with van der Waals surface area (Å²) < 4.78 is 21.4. The second kappa shape index (κ2) is 4.03. The van der Waals surface area contributed by atoms with E-state index in [1.54, 1.807) is 0 Å². The van der Waals surface area contributed by atoms with Gasteiger partial charge in [0.1, 0.15) is 7.82 Å². The Morgan fingerprint density at radius 2 is 1.78 bits per heavy atom. The molecule has 0 saturated carbocycles. The average Bonchev–Trinajstić information content (AvgIpc) is 1.21. The molecule has 0 aromatic heterocycles. The lowest BCUT2D eigenvalue weighted by Gasteiger charge is -2.20. The van der Waals surface area contributed by atoms with Crippen LogP contribution in [0.5, 0.6) is 0 Å². The van der Waals surface area contributed by atoms with Crippen molar-refractivity contribution in [3.8, 4) is 0 Å². The normalized spacial score (nSPS) is 12.1. The summed E-state index contributed by atoms with van der Waals surface area (Å²) in [4.78, 5) is 27.9. The van der Waals surface area contributed by atoms with Gasteiger partial charge in [-0.2, -0.15) is 0 Å². The molecule has 0 rings (SSSR count). The molecule has 0 aromatic carbocycles. The first-order valence-corrected chi connectivity index (χ1v) is 3.83. The van der Waals surface area contributed by atoms with E-state index in [4.69, 9.17) is 0 Å². The third kappa shape index (κ3) is 11.6. The summed E-state index contributed by atoms with van der Waals surface area (Å²) in [5, 5.41) is 0. The summed E-state index contributed by atoms with van der Waals surface area (Å²) in [6, 6.07) is 0. The summed E-state index contributed by atoms with van der Waals surface area (Å²) in [6.45, 7) is 0. The molecule has 0 bridgehead atoms. The van der Waals surface area contributed by atoms with Gasteiger partial charge in [0, 0.05) is 0 Å². The zero-order valence-electron chi connectivity index (χ0n) is 4.05. The molecule has 7 nitrogen and oxygen atoms in total. The zero-order chi connectivity index (χ0) is 6.78. The Morgan fingerprint density at radius 1 is 1.44 bits per heavy atom. The molecule has 1 unspecified atom stereocenters. The fourth-order valence-corrected chi connectivity index (χ4v) is 0.735. The molecule has 0 radical (unpaired) electrons. The summed E-state index contributed by atoms with van der Waals surface area (Å²) >= 11 is 0. The Labute approximate surface area is 51.4 Å². The van der Waals surface area contributed by atoms with Crippen LogP contribution in [-0.4, -0.2) is 0 Å². The van der Waals surface area contributed by atoms with Crippen LogP contribution in [0.25, 0.3) is 0 Å². The van der Waals surface area contributed by atoms with Crippen LogP contribution < -0.4 is 20.8 Å². The van der Waals surface area contributed by atoms with E-state index >= 15 is 0 Å². The molecule has 0 amide bonds. The maximum absolute atomic E-state index is 9.31. The van der Waals surface area contributed by atoms with Crippen LogP contribution in [0.4, 0.5) is 0 Å². The summed E-state index contributed by atoms with van der Waals surface area (Å²) in [6.07, 6.45) is 0. The van der Waals surface area contributed by atoms with Crippen LogP contribution >= 0.6 is 16.1 Å². The number of hydrogen-bond donors (Lipinski definition) is 1. The minimum atomic E-state index is -5.32. The fraction of sp³-hybridized carbons (Fsp3) is 0. The van der Waals surface area contributed by atoms with E-state index in [-0.39, 0.29) is 6.15 Å². The van der Waals surface area contributed by atoms with Crippen LogP contribution in [0, 0.1) is 0 Å². The third-order valence-electron chi connectivity index (χ3n) is 0.167. The molecule has 0 saturated heterocycles. The minimum Gasteiger partial charge on any atom is -0.786 e. The van der Waals surface area contributed by atoms with E-state index in [0.717, 1.165) is 0 Å². The lowest BCUT2D eigenvalue weighted by atomic mass is 14.0. The Kier molecular flexibility index (Phi) is 5.31. The van der Waals surface area contributed by atoms with Gasteiger partial charge in [-0.05, 0) is 4.57 Å². The average molecular weight is 175 g/mol. The molecule has 0 spiro atoms. The molecule has 0 heterocycles. The van der Waals surface area contributed by atoms with E-state index < -0.39 is 16.1 Å². The van der Waals surface area contributed by atoms with Crippen molar-refractivity contribution >= 4 is 16.1 Å². The minimum absolute atomic E-state index is 0. The first-order chi connectivity index (χ1) is 3.42. The topological polar surface area (TPSA) is 148 Å². The second-order valence-corrected chi connectivity index (χ2v) is 2.75. The highest BCUT2D eigenvalue weighted by Crippen LogP contribution is 2.35. The van der Waals surface area contributed by atoms with E-state index in [9.17, 15) is 23.8 Å². The molecular weight excluding hydrogens is 172 g/mol. The number of rotatable bonds is 2. The van der Waals surface area contributed by atoms with E-state index in [1.165, 1.54) is 0 Å². The van der Waals surface area contributed by atoms with Gasteiger partial charge in [-0.25, -0.2) is 0 Å². The van der Waals surface area contributed by atoms with Gasteiger partial charge in [0.05, 0.1) is 0 Å². The molecule has 0 fully saturated rings. The molecule has 0 aliphatic carbocycles. The van der Waals surface area contributed by atoms with Gasteiger partial charge < -0.3 is 25.4 Å². The summed E-state index contributed by atoms with van der Waals surface area (Å²) in [7, 11) is -8.89. The van der Waals surface area contributed by atoms with Crippen LogP contribution in [0.1, 0.15) is 0 Å². The highest BCUT2D eigenvalue weighted by molar-refractivity contribution is 7.52. The lowest BCUT2D eigenvalue weighted by molar-refractivity contribution is -0.336. The van der Waals surface area contributed by atoms with Crippen LogP contribution in [-0.2, 0) is 13.4 Å². The molecule has 0 aliphatic heterocycles. The fourth-order valence-electron chi connectivity index (χ4n) is 0.0816. The smallest absolute Gasteiger partial charge is 0.492 e. The quantitative estimate of drug-likeness (QED) is 0.477. The van der Waals surface area contributed by atoms with Gasteiger partial charge in [0.2, 0.25) is 0 Å². The predicted octanol–water partition coefficient (Wildman–Crippen LogP) is -1.99. The van der Waals surface area contributed by atoms with Crippen molar-refractivity contribution < 1.29 is 28.1 Å². The van der Waals surface area contributed by atoms with E-state index in [2.05, 4.69) is 4.31 Å². The Bertz CT molecular complexity index is 134. The van der Waals surface area contributed by atoms with Gasteiger partial charge in [-0.15, -0.1) is 4.31 Å². The largest absolute Gasteiger partial charge is 0.786 e. The van der Waals surface area contributed by atoms with Crippen molar-refractivity contribution in [3.05, 3.63) is 0 Å². The maximum Gasteiger partial charge on any atom is 0.492 e. The van der Waals surface area contributed by atoms with Crippen molar-refractivity contribution in [1.82, 2.24) is 6.15 Å². The molecule has 0 aliphatic rings. The molecule has 3 N–H and O–H groups in total. The van der Waals surface area contributed by atoms with Gasteiger partial charge >= 0.3 is 8.25 Å². The molecule has 56 valence electrons. The second-order valence-electron chi connectivity index (χ2n) is 0.752. The van der Waals surface area contributed by atoms with Crippen molar-refractivity contribution in [2.75, 3.05) is 0 Å². The molecular formula is H3NO6P2-2.